The van der Waals surface area contributed by atoms with Gasteiger partial charge in [0.2, 0.25) is 0 Å². The topological polar surface area (TPSA) is 82.0 Å². The second-order valence-corrected chi connectivity index (χ2v) is 6.23. The Labute approximate surface area is 128 Å². The Morgan fingerprint density at radius 1 is 1.36 bits per heavy atom. The fourth-order valence-corrected chi connectivity index (χ4v) is 3.29. The zero-order chi connectivity index (χ0) is 15.1. The molecule has 2 aromatic rings. The van der Waals surface area contributed by atoms with Gasteiger partial charge in [0.25, 0.3) is 5.91 Å². The summed E-state index contributed by atoms with van der Waals surface area (Å²) in [6.07, 6.45) is 6.94. The van der Waals surface area contributed by atoms with Crippen LogP contribution in [0.1, 0.15) is 40.6 Å². The number of hydrogen-bond acceptors (Lipinski definition) is 4. The summed E-state index contributed by atoms with van der Waals surface area (Å²) < 4.78 is 4.00. The average molecular weight is 300 g/mol. The number of aromatic nitrogens is 4. The Morgan fingerprint density at radius 2 is 2.23 bits per heavy atom. The number of fused-ring (bicyclic) bond motifs is 1. The molecule has 7 heteroatoms. The molecule has 0 aliphatic carbocycles. The molecular weight excluding hydrogens is 280 g/mol. The van der Waals surface area contributed by atoms with Crippen molar-refractivity contribution < 1.29 is 4.79 Å². The van der Waals surface area contributed by atoms with Gasteiger partial charge in [0.15, 0.2) is 0 Å². The highest BCUT2D eigenvalue weighted by molar-refractivity contribution is 5.92. The Balaban J connectivity index is 1.35. The quantitative estimate of drug-likeness (QED) is 0.895. The molecule has 116 valence electrons. The van der Waals surface area contributed by atoms with Gasteiger partial charge in [0.05, 0.1) is 23.5 Å². The van der Waals surface area contributed by atoms with Crippen LogP contribution in [-0.2, 0) is 19.5 Å². The highest BCUT2D eigenvalue weighted by Crippen LogP contribution is 2.24. The van der Waals surface area contributed by atoms with E-state index in [0.717, 1.165) is 38.3 Å². The molecule has 2 N–H and O–H groups in total. The first-order chi connectivity index (χ1) is 10.7. The van der Waals surface area contributed by atoms with Crippen LogP contribution in [0.15, 0.2) is 18.5 Å². The van der Waals surface area contributed by atoms with E-state index in [4.69, 9.17) is 5.73 Å². The van der Waals surface area contributed by atoms with Crippen molar-refractivity contribution in [2.24, 2.45) is 5.73 Å². The summed E-state index contributed by atoms with van der Waals surface area (Å²) in [4.78, 5) is 13.4. The first-order valence-corrected chi connectivity index (χ1v) is 7.81. The number of amides is 1. The van der Waals surface area contributed by atoms with E-state index < -0.39 is 5.91 Å². The van der Waals surface area contributed by atoms with Crippen molar-refractivity contribution in [1.29, 1.82) is 0 Å². The summed E-state index contributed by atoms with van der Waals surface area (Å²) in [6.45, 7) is 3.81. The summed E-state index contributed by atoms with van der Waals surface area (Å²) in [5.74, 6) is -0.425. The van der Waals surface area contributed by atoms with E-state index in [2.05, 4.69) is 25.8 Å². The molecule has 2 aromatic heterocycles. The third-order valence-electron chi connectivity index (χ3n) is 4.55. The zero-order valence-electron chi connectivity index (χ0n) is 12.5. The fraction of sp³-hybridized carbons (Fsp3) is 0.533. The lowest BCUT2D eigenvalue weighted by molar-refractivity contribution is 0.0891. The summed E-state index contributed by atoms with van der Waals surface area (Å²) >= 11 is 0. The highest BCUT2D eigenvalue weighted by atomic mass is 16.1. The molecule has 0 saturated carbocycles. The maximum Gasteiger partial charge on any atom is 0.251 e. The molecule has 1 saturated heterocycles. The van der Waals surface area contributed by atoms with E-state index in [9.17, 15) is 4.79 Å². The van der Waals surface area contributed by atoms with E-state index >= 15 is 0 Å². The molecular formula is C15H20N6O. The normalized spacial score (nSPS) is 18.9. The lowest BCUT2D eigenvalue weighted by Gasteiger charge is -2.38. The number of hydrogen-bond donors (Lipinski definition) is 1. The van der Waals surface area contributed by atoms with Gasteiger partial charge in [0.1, 0.15) is 0 Å². The monoisotopic (exact) mass is 300 g/mol. The van der Waals surface area contributed by atoms with E-state index in [0.29, 0.717) is 11.6 Å². The second-order valence-electron chi connectivity index (χ2n) is 6.23. The smallest absolute Gasteiger partial charge is 0.251 e. The van der Waals surface area contributed by atoms with Crippen molar-refractivity contribution in [2.45, 2.75) is 38.4 Å². The third-order valence-corrected chi connectivity index (χ3v) is 4.55. The molecule has 4 heterocycles. The number of likely N-dealkylation sites (tertiary alicyclic amines) is 1. The zero-order valence-corrected chi connectivity index (χ0v) is 12.5. The van der Waals surface area contributed by atoms with Gasteiger partial charge >= 0.3 is 0 Å². The van der Waals surface area contributed by atoms with Crippen LogP contribution < -0.4 is 5.73 Å². The molecule has 2 aliphatic heterocycles. The Bertz CT molecular complexity index is 673. The van der Waals surface area contributed by atoms with E-state index in [1.165, 1.54) is 24.7 Å². The van der Waals surface area contributed by atoms with Crippen LogP contribution in [0.3, 0.4) is 0 Å². The predicted molar refractivity (Wildman–Crippen MR) is 80.2 cm³/mol. The number of nitrogens with two attached hydrogens (primary N) is 1. The number of rotatable bonds is 4. The molecule has 0 bridgehead atoms. The van der Waals surface area contributed by atoms with Gasteiger partial charge in [-0.1, -0.05) is 0 Å². The van der Waals surface area contributed by atoms with Gasteiger partial charge in [-0.05, 0) is 25.3 Å². The summed E-state index contributed by atoms with van der Waals surface area (Å²) in [5, 5.41) is 8.91. The molecule has 1 amide bonds. The summed E-state index contributed by atoms with van der Waals surface area (Å²) in [5.41, 5.74) is 8.26. The summed E-state index contributed by atoms with van der Waals surface area (Å²) in [6, 6.07) is 2.57. The highest BCUT2D eigenvalue weighted by Gasteiger charge is 2.29. The first-order valence-electron chi connectivity index (χ1n) is 7.81. The van der Waals surface area contributed by atoms with Crippen LogP contribution in [0.4, 0.5) is 0 Å². The standard InChI is InChI=1S/C15H20N6O/c16-15(22)11-6-17-21(7-11)14-9-19(10-14)8-12-5-13-3-1-2-4-20(13)18-12/h5-7,14H,1-4,8-10H2,(H2,16,22). The Morgan fingerprint density at radius 3 is 2.95 bits per heavy atom. The average Bonchev–Trinajstić information content (AvgIpc) is 3.08. The minimum atomic E-state index is -0.425. The molecule has 22 heavy (non-hydrogen) atoms. The van der Waals surface area contributed by atoms with Gasteiger partial charge in [-0.2, -0.15) is 10.2 Å². The molecule has 7 nitrogen and oxygen atoms in total. The van der Waals surface area contributed by atoms with Gasteiger partial charge in [0, 0.05) is 38.1 Å². The van der Waals surface area contributed by atoms with Gasteiger partial charge < -0.3 is 5.73 Å². The maximum absolute atomic E-state index is 11.1. The summed E-state index contributed by atoms with van der Waals surface area (Å²) in [7, 11) is 0. The number of aryl methyl sites for hydroxylation is 2. The van der Waals surface area contributed by atoms with E-state index in [1.807, 2.05) is 4.68 Å². The molecule has 2 aliphatic rings. The molecule has 0 radical (unpaired) electrons. The van der Waals surface area contributed by atoms with Gasteiger partial charge in [-0.25, -0.2) is 0 Å². The fourth-order valence-electron chi connectivity index (χ4n) is 3.29. The van der Waals surface area contributed by atoms with E-state index in [-0.39, 0.29) is 0 Å². The van der Waals surface area contributed by atoms with Crippen molar-refractivity contribution in [3.05, 3.63) is 35.4 Å². The molecule has 0 spiro atoms. The molecule has 4 rings (SSSR count). The number of carbonyl (C=O) groups excluding carboxylic acids is 1. The Hall–Kier alpha value is -2.15. The van der Waals surface area contributed by atoms with Gasteiger partial charge in [-0.15, -0.1) is 0 Å². The van der Waals surface area contributed by atoms with Crippen molar-refractivity contribution >= 4 is 5.91 Å². The number of carbonyl (C=O) groups is 1. The Kier molecular flexibility index (Phi) is 3.22. The predicted octanol–water partition coefficient (Wildman–Crippen LogP) is 0.572. The van der Waals surface area contributed by atoms with Crippen molar-refractivity contribution in [3.63, 3.8) is 0 Å². The number of primary amides is 1. The largest absolute Gasteiger partial charge is 0.366 e. The van der Waals surface area contributed by atoms with Crippen molar-refractivity contribution in [3.8, 4) is 0 Å². The molecule has 0 aromatic carbocycles. The van der Waals surface area contributed by atoms with Crippen LogP contribution >= 0.6 is 0 Å². The van der Waals surface area contributed by atoms with Crippen LogP contribution in [0.2, 0.25) is 0 Å². The molecule has 1 fully saturated rings. The maximum atomic E-state index is 11.1. The first kappa shape index (κ1) is 13.5. The second kappa shape index (κ2) is 5.24. The molecule has 0 unspecified atom stereocenters. The van der Waals surface area contributed by atoms with Gasteiger partial charge in [-0.3, -0.25) is 19.1 Å². The minimum absolute atomic E-state index is 0.324. The van der Waals surface area contributed by atoms with Crippen LogP contribution in [0.5, 0.6) is 0 Å². The lowest BCUT2D eigenvalue weighted by atomic mass is 10.1. The van der Waals surface area contributed by atoms with Crippen LogP contribution in [0, 0.1) is 0 Å². The minimum Gasteiger partial charge on any atom is -0.366 e. The van der Waals surface area contributed by atoms with Crippen molar-refractivity contribution in [1.82, 2.24) is 24.5 Å². The lowest BCUT2D eigenvalue weighted by Crippen LogP contribution is -2.47. The van der Waals surface area contributed by atoms with Crippen LogP contribution in [0.25, 0.3) is 0 Å². The third kappa shape index (κ3) is 2.41. The van der Waals surface area contributed by atoms with Crippen LogP contribution in [-0.4, -0.2) is 43.5 Å². The SMILES string of the molecule is NC(=O)c1cnn(C2CN(Cc3cc4n(n3)CCCC4)C2)c1. The van der Waals surface area contributed by atoms with Crippen molar-refractivity contribution in [2.75, 3.05) is 13.1 Å². The molecule has 0 atom stereocenters. The van der Waals surface area contributed by atoms with E-state index in [1.54, 1.807) is 6.20 Å². The number of nitrogens with zero attached hydrogens (tertiary/aromatic N) is 5.